The van der Waals surface area contributed by atoms with E-state index in [2.05, 4.69) is 10.3 Å². The van der Waals surface area contributed by atoms with E-state index in [0.717, 1.165) is 11.4 Å². The van der Waals surface area contributed by atoms with Crippen molar-refractivity contribution in [2.75, 3.05) is 5.32 Å². The molecule has 0 spiro atoms. The lowest BCUT2D eigenvalue weighted by atomic mass is 10.3. The van der Waals surface area contributed by atoms with Crippen molar-refractivity contribution in [3.05, 3.63) is 71.3 Å². The third-order valence-corrected chi connectivity index (χ3v) is 3.33. The van der Waals surface area contributed by atoms with Crippen LogP contribution >= 0.6 is 11.6 Å². The molecule has 1 heterocycles. The molecule has 5 heteroatoms. The van der Waals surface area contributed by atoms with Gasteiger partial charge < -0.3 is 5.32 Å². The molecule has 0 aliphatic carbocycles. The molecule has 0 saturated carbocycles. The summed E-state index contributed by atoms with van der Waals surface area (Å²) in [5, 5.41) is 3.57. The Bertz CT molecular complexity index is 768. The molecule has 3 rings (SSSR count). The lowest BCUT2D eigenvalue weighted by Crippen LogP contribution is -2.01. The molecule has 21 heavy (non-hydrogen) atoms. The Labute approximate surface area is 127 Å². The van der Waals surface area contributed by atoms with Gasteiger partial charge in [0.15, 0.2) is 0 Å². The predicted octanol–water partition coefficient (Wildman–Crippen LogP) is 4.72. The first-order valence-electron chi connectivity index (χ1n) is 6.47. The van der Waals surface area contributed by atoms with E-state index in [1.807, 2.05) is 48.0 Å². The highest BCUT2D eigenvalue weighted by atomic mass is 35.5. The van der Waals surface area contributed by atoms with Crippen LogP contribution in [0.15, 0.2) is 54.7 Å². The number of nitrogens with zero attached hydrogens (tertiary/aromatic N) is 2. The smallest absolute Gasteiger partial charge is 0.212 e. The fraction of sp³-hybridized carbons (Fsp3) is 0.0625. The minimum absolute atomic E-state index is 0.337. The number of rotatable bonds is 3. The molecule has 1 N–H and O–H groups in total. The molecule has 0 saturated heterocycles. The summed E-state index contributed by atoms with van der Waals surface area (Å²) in [5.74, 6) is 0.269. The molecular weight excluding hydrogens is 289 g/mol. The molecule has 3 nitrogen and oxygen atoms in total. The molecule has 0 radical (unpaired) electrons. The van der Waals surface area contributed by atoms with Crippen LogP contribution in [-0.4, -0.2) is 9.55 Å². The molecule has 3 aromatic rings. The molecule has 2 aromatic carbocycles. The van der Waals surface area contributed by atoms with Gasteiger partial charge in [-0.05, 0) is 37.3 Å². The standard InChI is InChI=1S/C16H13ClFN3/c1-11-10-21(15-8-7-12(18)9-14(15)17)16(19-11)20-13-5-3-2-4-6-13/h2-10H,1H3,(H,19,20). The van der Waals surface area contributed by atoms with E-state index in [9.17, 15) is 4.39 Å². The number of imidazole rings is 1. The third kappa shape index (κ3) is 2.90. The number of aromatic nitrogens is 2. The van der Waals surface area contributed by atoms with Crippen molar-refractivity contribution in [2.45, 2.75) is 6.92 Å². The van der Waals surface area contributed by atoms with E-state index < -0.39 is 0 Å². The lowest BCUT2D eigenvalue weighted by Gasteiger charge is -2.11. The first kappa shape index (κ1) is 13.6. The van der Waals surface area contributed by atoms with Crippen molar-refractivity contribution in [3.63, 3.8) is 0 Å². The number of anilines is 2. The monoisotopic (exact) mass is 301 g/mol. The van der Waals surface area contributed by atoms with Gasteiger partial charge >= 0.3 is 0 Å². The average Bonchev–Trinajstić information content (AvgIpc) is 2.80. The van der Waals surface area contributed by atoms with Crippen LogP contribution in [0.3, 0.4) is 0 Å². The van der Waals surface area contributed by atoms with Gasteiger partial charge in [0.05, 0.1) is 16.4 Å². The van der Waals surface area contributed by atoms with Gasteiger partial charge in [0.1, 0.15) is 5.82 Å². The van der Waals surface area contributed by atoms with Crippen LogP contribution in [0.4, 0.5) is 16.0 Å². The van der Waals surface area contributed by atoms with Gasteiger partial charge in [0.2, 0.25) is 5.95 Å². The number of nitrogens with one attached hydrogen (secondary N) is 1. The number of aryl methyl sites for hydroxylation is 1. The minimum Gasteiger partial charge on any atom is -0.325 e. The first-order chi connectivity index (χ1) is 10.1. The average molecular weight is 302 g/mol. The van der Waals surface area contributed by atoms with Gasteiger partial charge in [-0.2, -0.15) is 0 Å². The molecule has 106 valence electrons. The van der Waals surface area contributed by atoms with Crippen molar-refractivity contribution in [3.8, 4) is 5.69 Å². The number of hydrogen-bond acceptors (Lipinski definition) is 2. The summed E-state index contributed by atoms with van der Waals surface area (Å²) in [6, 6.07) is 14.0. The van der Waals surface area contributed by atoms with Crippen LogP contribution in [0.25, 0.3) is 5.69 Å². The zero-order valence-corrected chi connectivity index (χ0v) is 12.1. The second-order valence-electron chi connectivity index (χ2n) is 4.66. The van der Waals surface area contributed by atoms with Crippen molar-refractivity contribution >= 4 is 23.2 Å². The molecule has 0 bridgehead atoms. The Hall–Kier alpha value is -2.33. The van der Waals surface area contributed by atoms with Crippen LogP contribution in [0.2, 0.25) is 5.02 Å². The lowest BCUT2D eigenvalue weighted by molar-refractivity contribution is 0.627. The Morgan fingerprint density at radius 2 is 1.90 bits per heavy atom. The molecule has 0 atom stereocenters. The van der Waals surface area contributed by atoms with Crippen molar-refractivity contribution < 1.29 is 4.39 Å². The maximum absolute atomic E-state index is 13.2. The molecule has 0 fully saturated rings. The Morgan fingerprint density at radius 3 is 2.62 bits per heavy atom. The fourth-order valence-corrected chi connectivity index (χ4v) is 2.36. The summed E-state index contributed by atoms with van der Waals surface area (Å²) < 4.78 is 15.0. The largest absolute Gasteiger partial charge is 0.325 e. The minimum atomic E-state index is -0.363. The maximum Gasteiger partial charge on any atom is 0.212 e. The van der Waals surface area contributed by atoms with Gasteiger partial charge in [-0.1, -0.05) is 29.8 Å². The van der Waals surface area contributed by atoms with Crippen LogP contribution in [0.5, 0.6) is 0 Å². The van der Waals surface area contributed by atoms with Crippen LogP contribution < -0.4 is 5.32 Å². The summed E-state index contributed by atoms with van der Waals surface area (Å²) >= 11 is 6.13. The van der Waals surface area contributed by atoms with E-state index in [1.165, 1.54) is 12.1 Å². The van der Waals surface area contributed by atoms with Crippen molar-refractivity contribution in [2.24, 2.45) is 0 Å². The van der Waals surface area contributed by atoms with Crippen LogP contribution in [-0.2, 0) is 0 Å². The van der Waals surface area contributed by atoms with Crippen molar-refractivity contribution in [1.82, 2.24) is 9.55 Å². The van der Waals surface area contributed by atoms with Gasteiger partial charge in [0, 0.05) is 11.9 Å². The normalized spacial score (nSPS) is 10.6. The van der Waals surface area contributed by atoms with E-state index in [-0.39, 0.29) is 5.82 Å². The van der Waals surface area contributed by atoms with E-state index in [0.29, 0.717) is 16.7 Å². The number of benzene rings is 2. The number of para-hydroxylation sites is 1. The second kappa shape index (κ2) is 5.58. The Balaban J connectivity index is 2.03. The summed E-state index contributed by atoms with van der Waals surface area (Å²) in [6.45, 7) is 1.89. The van der Waals surface area contributed by atoms with E-state index in [1.54, 1.807) is 6.07 Å². The summed E-state index contributed by atoms with van der Waals surface area (Å²) in [7, 11) is 0. The third-order valence-electron chi connectivity index (χ3n) is 3.03. The second-order valence-corrected chi connectivity index (χ2v) is 5.07. The highest BCUT2D eigenvalue weighted by Gasteiger charge is 2.11. The number of halogens is 2. The topological polar surface area (TPSA) is 29.9 Å². The van der Waals surface area contributed by atoms with Gasteiger partial charge in [-0.25, -0.2) is 9.37 Å². The van der Waals surface area contributed by atoms with Crippen molar-refractivity contribution in [1.29, 1.82) is 0 Å². The van der Waals surface area contributed by atoms with Gasteiger partial charge in [-0.3, -0.25) is 4.57 Å². The fourth-order valence-electron chi connectivity index (χ4n) is 2.10. The van der Waals surface area contributed by atoms with Gasteiger partial charge in [-0.15, -0.1) is 0 Å². The van der Waals surface area contributed by atoms with Gasteiger partial charge in [0.25, 0.3) is 0 Å². The molecule has 0 aliphatic rings. The zero-order valence-electron chi connectivity index (χ0n) is 11.3. The quantitative estimate of drug-likeness (QED) is 0.759. The molecule has 0 amide bonds. The SMILES string of the molecule is Cc1cn(-c2ccc(F)cc2Cl)c(Nc2ccccc2)n1. The summed E-state index contributed by atoms with van der Waals surface area (Å²) in [4.78, 5) is 4.45. The van der Waals surface area contributed by atoms with Crippen LogP contribution in [0.1, 0.15) is 5.69 Å². The summed E-state index contributed by atoms with van der Waals surface area (Å²) in [5.41, 5.74) is 2.44. The highest BCUT2D eigenvalue weighted by molar-refractivity contribution is 6.32. The summed E-state index contributed by atoms with van der Waals surface area (Å²) in [6.07, 6.45) is 1.85. The molecular formula is C16H13ClFN3. The van der Waals surface area contributed by atoms with E-state index >= 15 is 0 Å². The van der Waals surface area contributed by atoms with Crippen LogP contribution in [0, 0.1) is 12.7 Å². The van der Waals surface area contributed by atoms with E-state index in [4.69, 9.17) is 11.6 Å². The molecule has 0 unspecified atom stereocenters. The molecule has 0 aliphatic heterocycles. The first-order valence-corrected chi connectivity index (χ1v) is 6.85. The highest BCUT2D eigenvalue weighted by Crippen LogP contribution is 2.26. The maximum atomic E-state index is 13.2. The zero-order chi connectivity index (χ0) is 14.8. The molecule has 1 aromatic heterocycles. The number of hydrogen-bond donors (Lipinski definition) is 1. The Kier molecular flexibility index (Phi) is 3.62. The predicted molar refractivity (Wildman–Crippen MR) is 83.0 cm³/mol. The Morgan fingerprint density at radius 1 is 1.14 bits per heavy atom.